The van der Waals surface area contributed by atoms with E-state index in [1.165, 1.54) is 12.1 Å². The van der Waals surface area contributed by atoms with Gasteiger partial charge in [0.05, 0.1) is 25.8 Å². The highest BCUT2D eigenvalue weighted by atomic mass is 19.1. The van der Waals surface area contributed by atoms with Crippen LogP contribution in [0.15, 0.2) is 65.1 Å². The third-order valence-electron chi connectivity index (χ3n) is 6.33. The monoisotopic (exact) mass is 475 g/mol. The summed E-state index contributed by atoms with van der Waals surface area (Å²) in [6.07, 6.45) is 0.241. The Kier molecular flexibility index (Phi) is 6.37. The van der Waals surface area contributed by atoms with Crippen molar-refractivity contribution in [1.29, 1.82) is 0 Å². The van der Waals surface area contributed by atoms with E-state index in [4.69, 9.17) is 9.15 Å². The van der Waals surface area contributed by atoms with Gasteiger partial charge in [0.1, 0.15) is 22.7 Å². The van der Waals surface area contributed by atoms with E-state index in [1.54, 1.807) is 30.2 Å². The van der Waals surface area contributed by atoms with Crippen LogP contribution in [0.3, 0.4) is 0 Å². The first-order valence-corrected chi connectivity index (χ1v) is 11.5. The predicted molar refractivity (Wildman–Crippen MR) is 132 cm³/mol. The molecule has 4 aromatic rings. The molecule has 0 saturated carbocycles. The zero-order valence-corrected chi connectivity index (χ0v) is 19.4. The van der Waals surface area contributed by atoms with Crippen molar-refractivity contribution >= 4 is 39.4 Å². The molecule has 3 aromatic carbocycles. The topological polar surface area (TPSA) is 75.0 Å². The molecule has 35 heavy (non-hydrogen) atoms. The van der Waals surface area contributed by atoms with Gasteiger partial charge in [-0.3, -0.25) is 14.5 Å². The molecule has 0 bridgehead atoms. The van der Waals surface area contributed by atoms with E-state index >= 15 is 0 Å². The number of methoxy groups -OCH3 is 1. The normalized spacial score (nSPS) is 14.4. The van der Waals surface area contributed by atoms with Gasteiger partial charge in [0.25, 0.3) is 0 Å². The van der Waals surface area contributed by atoms with Crippen molar-refractivity contribution in [3.8, 4) is 5.75 Å². The fourth-order valence-electron chi connectivity index (χ4n) is 4.45. The van der Waals surface area contributed by atoms with E-state index in [0.717, 1.165) is 21.9 Å². The van der Waals surface area contributed by atoms with Gasteiger partial charge in [-0.15, -0.1) is 0 Å². The Hall–Kier alpha value is -3.91. The SMILES string of the molecule is COc1cc2c(cc1NC(=O)CN1CCN(C(=O)Cc3ccc(F)cc3)CC1)oc1ccccc12. The number of ether oxygens (including phenoxy) is 1. The Morgan fingerprint density at radius 1 is 0.971 bits per heavy atom. The first-order valence-electron chi connectivity index (χ1n) is 11.5. The molecule has 1 N–H and O–H groups in total. The van der Waals surface area contributed by atoms with Crippen LogP contribution in [-0.2, 0) is 16.0 Å². The summed E-state index contributed by atoms with van der Waals surface area (Å²) in [7, 11) is 1.57. The zero-order chi connectivity index (χ0) is 24.4. The molecule has 0 radical (unpaired) electrons. The molecular weight excluding hydrogens is 449 g/mol. The average molecular weight is 476 g/mol. The van der Waals surface area contributed by atoms with Gasteiger partial charge in [-0.05, 0) is 29.8 Å². The lowest BCUT2D eigenvalue weighted by Gasteiger charge is -2.34. The molecule has 1 fully saturated rings. The highest BCUT2D eigenvalue weighted by Crippen LogP contribution is 2.36. The molecule has 1 aromatic heterocycles. The Balaban J connectivity index is 1.18. The van der Waals surface area contributed by atoms with Crippen LogP contribution in [-0.4, -0.2) is 61.4 Å². The molecule has 8 heteroatoms. The average Bonchev–Trinajstić information content (AvgIpc) is 3.22. The summed E-state index contributed by atoms with van der Waals surface area (Å²) in [5.74, 6) is 0.0891. The highest BCUT2D eigenvalue weighted by Gasteiger charge is 2.23. The maximum atomic E-state index is 13.1. The Morgan fingerprint density at radius 3 is 2.46 bits per heavy atom. The van der Waals surface area contributed by atoms with Crippen LogP contribution in [0.2, 0.25) is 0 Å². The van der Waals surface area contributed by atoms with Gasteiger partial charge in [-0.2, -0.15) is 0 Å². The minimum Gasteiger partial charge on any atom is -0.495 e. The van der Waals surface area contributed by atoms with Crippen molar-refractivity contribution in [2.45, 2.75) is 6.42 Å². The standard InChI is InChI=1S/C27H26FN3O4/c1-34-25-15-21-20-4-2-3-5-23(20)35-24(21)16-22(25)29-26(32)17-30-10-12-31(13-11-30)27(33)14-18-6-8-19(28)9-7-18/h2-9,15-16H,10-14,17H2,1H3,(H,29,32). The molecule has 0 atom stereocenters. The summed E-state index contributed by atoms with van der Waals surface area (Å²) in [4.78, 5) is 29.2. The van der Waals surface area contributed by atoms with Crippen LogP contribution >= 0.6 is 0 Å². The second-order valence-corrected chi connectivity index (χ2v) is 8.66. The number of hydrogen-bond donors (Lipinski definition) is 1. The third-order valence-corrected chi connectivity index (χ3v) is 6.33. The number of amides is 2. The van der Waals surface area contributed by atoms with E-state index in [1.807, 2.05) is 35.2 Å². The van der Waals surface area contributed by atoms with E-state index < -0.39 is 0 Å². The molecule has 0 unspecified atom stereocenters. The minimum atomic E-state index is -0.316. The fraction of sp³-hybridized carbons (Fsp3) is 0.259. The highest BCUT2D eigenvalue weighted by molar-refractivity contribution is 6.07. The lowest BCUT2D eigenvalue weighted by atomic mass is 10.1. The van der Waals surface area contributed by atoms with Gasteiger partial charge in [0.2, 0.25) is 11.8 Å². The molecule has 1 aliphatic heterocycles. The lowest BCUT2D eigenvalue weighted by molar-refractivity contribution is -0.132. The van der Waals surface area contributed by atoms with Crippen LogP contribution < -0.4 is 10.1 Å². The Bertz CT molecular complexity index is 1370. The first-order chi connectivity index (χ1) is 17.0. The summed E-state index contributed by atoms with van der Waals surface area (Å²) in [6, 6.07) is 17.4. The molecule has 5 rings (SSSR count). The van der Waals surface area contributed by atoms with Gasteiger partial charge in [-0.25, -0.2) is 4.39 Å². The van der Waals surface area contributed by atoms with Crippen molar-refractivity contribution in [3.63, 3.8) is 0 Å². The molecule has 180 valence electrons. The van der Waals surface area contributed by atoms with Crippen molar-refractivity contribution in [3.05, 3.63) is 72.0 Å². The second-order valence-electron chi connectivity index (χ2n) is 8.66. The van der Waals surface area contributed by atoms with E-state index in [2.05, 4.69) is 5.32 Å². The van der Waals surface area contributed by atoms with Crippen LogP contribution in [0, 0.1) is 5.82 Å². The van der Waals surface area contributed by atoms with Crippen molar-refractivity contribution in [1.82, 2.24) is 9.80 Å². The number of anilines is 1. The number of fused-ring (bicyclic) bond motifs is 3. The van der Waals surface area contributed by atoms with Crippen LogP contribution in [0.1, 0.15) is 5.56 Å². The molecular formula is C27H26FN3O4. The molecule has 0 spiro atoms. The number of nitrogens with one attached hydrogen (secondary N) is 1. The minimum absolute atomic E-state index is 0.00424. The van der Waals surface area contributed by atoms with Gasteiger partial charge in [-0.1, -0.05) is 30.3 Å². The lowest BCUT2D eigenvalue weighted by Crippen LogP contribution is -2.50. The Morgan fingerprint density at radius 2 is 1.71 bits per heavy atom. The second kappa shape index (κ2) is 9.76. The fourth-order valence-corrected chi connectivity index (χ4v) is 4.45. The molecule has 7 nitrogen and oxygen atoms in total. The number of rotatable bonds is 6. The number of para-hydroxylation sites is 1. The van der Waals surface area contributed by atoms with E-state index in [9.17, 15) is 14.0 Å². The largest absolute Gasteiger partial charge is 0.495 e. The number of carbonyl (C=O) groups is 2. The van der Waals surface area contributed by atoms with Crippen molar-refractivity contribution in [2.24, 2.45) is 0 Å². The van der Waals surface area contributed by atoms with Crippen LogP contribution in [0.25, 0.3) is 21.9 Å². The van der Waals surface area contributed by atoms with Crippen molar-refractivity contribution < 1.29 is 23.1 Å². The summed E-state index contributed by atoms with van der Waals surface area (Å²) < 4.78 is 24.5. The van der Waals surface area contributed by atoms with E-state index in [0.29, 0.717) is 43.2 Å². The molecule has 2 amide bonds. The molecule has 2 heterocycles. The Labute approximate surface area is 202 Å². The van der Waals surface area contributed by atoms with Gasteiger partial charge in [0, 0.05) is 43.0 Å². The van der Waals surface area contributed by atoms with Crippen LogP contribution in [0.4, 0.5) is 10.1 Å². The van der Waals surface area contributed by atoms with Gasteiger partial charge < -0.3 is 19.4 Å². The molecule has 0 aliphatic carbocycles. The zero-order valence-electron chi connectivity index (χ0n) is 19.4. The van der Waals surface area contributed by atoms with E-state index in [-0.39, 0.29) is 30.6 Å². The first kappa shape index (κ1) is 22.9. The summed E-state index contributed by atoms with van der Waals surface area (Å²) in [5.41, 5.74) is 2.79. The van der Waals surface area contributed by atoms with Crippen molar-refractivity contribution in [2.75, 3.05) is 45.2 Å². The molecule has 1 saturated heterocycles. The molecule has 1 aliphatic rings. The quantitative estimate of drug-likeness (QED) is 0.455. The van der Waals surface area contributed by atoms with Gasteiger partial charge >= 0.3 is 0 Å². The van der Waals surface area contributed by atoms with Crippen LogP contribution in [0.5, 0.6) is 5.75 Å². The number of nitrogens with zero attached hydrogens (tertiary/aromatic N) is 2. The summed E-state index contributed by atoms with van der Waals surface area (Å²) in [6.45, 7) is 2.50. The maximum Gasteiger partial charge on any atom is 0.238 e. The maximum absolute atomic E-state index is 13.1. The number of carbonyl (C=O) groups excluding carboxylic acids is 2. The van der Waals surface area contributed by atoms with Gasteiger partial charge in [0.15, 0.2) is 0 Å². The number of furan rings is 1. The summed E-state index contributed by atoms with van der Waals surface area (Å²) >= 11 is 0. The smallest absolute Gasteiger partial charge is 0.238 e. The third kappa shape index (κ3) is 4.97. The number of piperazine rings is 1. The number of hydrogen-bond acceptors (Lipinski definition) is 5. The number of halogens is 1. The number of benzene rings is 3. The predicted octanol–water partition coefficient (Wildman–Crippen LogP) is 4.06. The summed E-state index contributed by atoms with van der Waals surface area (Å²) in [5, 5.41) is 4.86.